The lowest BCUT2D eigenvalue weighted by Crippen LogP contribution is -2.52. The van der Waals surface area contributed by atoms with Crippen molar-refractivity contribution in [3.63, 3.8) is 0 Å². The van der Waals surface area contributed by atoms with Gasteiger partial charge in [-0.15, -0.1) is 0 Å². The summed E-state index contributed by atoms with van der Waals surface area (Å²) in [6, 6.07) is 0.235. The average Bonchev–Trinajstić information content (AvgIpc) is 2.62. The SMILES string of the molecule is CC1CNC(C2CCCC2)CS1(=O)=O. The van der Waals surface area contributed by atoms with Gasteiger partial charge in [0.1, 0.15) is 0 Å². The highest BCUT2D eigenvalue weighted by atomic mass is 32.2. The Bertz CT molecular complexity index is 293. The quantitative estimate of drug-likeness (QED) is 0.711. The molecule has 0 aromatic rings. The molecule has 1 N–H and O–H groups in total. The minimum atomic E-state index is -2.81. The third-order valence-corrected chi connectivity index (χ3v) is 5.88. The van der Waals surface area contributed by atoms with Crippen LogP contribution in [0.5, 0.6) is 0 Å². The fourth-order valence-electron chi connectivity index (χ4n) is 2.58. The molecule has 3 nitrogen and oxygen atoms in total. The van der Waals surface area contributed by atoms with E-state index in [0.717, 1.165) is 0 Å². The molecule has 2 fully saturated rings. The number of rotatable bonds is 1. The number of hydrogen-bond acceptors (Lipinski definition) is 3. The van der Waals surface area contributed by atoms with Crippen molar-refractivity contribution < 1.29 is 8.42 Å². The predicted octanol–water partition coefficient (Wildman–Crippen LogP) is 0.952. The fourth-order valence-corrected chi connectivity index (χ4v) is 4.15. The minimum Gasteiger partial charge on any atom is -0.311 e. The fraction of sp³-hybridized carbons (Fsp3) is 1.00. The molecule has 2 unspecified atom stereocenters. The molecule has 2 rings (SSSR count). The first-order valence-corrected chi connectivity index (χ1v) is 7.26. The van der Waals surface area contributed by atoms with Gasteiger partial charge in [0.15, 0.2) is 9.84 Å². The second-order valence-electron chi connectivity index (χ2n) is 4.70. The van der Waals surface area contributed by atoms with E-state index in [1.54, 1.807) is 6.92 Å². The number of sulfone groups is 1. The number of hydrogen-bond donors (Lipinski definition) is 1. The molecule has 0 aromatic carbocycles. The van der Waals surface area contributed by atoms with Gasteiger partial charge >= 0.3 is 0 Å². The van der Waals surface area contributed by atoms with E-state index >= 15 is 0 Å². The van der Waals surface area contributed by atoms with Crippen LogP contribution in [0, 0.1) is 5.92 Å². The van der Waals surface area contributed by atoms with Crippen molar-refractivity contribution in [2.24, 2.45) is 5.92 Å². The standard InChI is InChI=1S/C10H19NO2S/c1-8-6-11-10(7-14(8,12)13)9-4-2-3-5-9/h8-11H,2-7H2,1H3. The van der Waals surface area contributed by atoms with Gasteiger partial charge in [-0.05, 0) is 25.7 Å². The molecule has 2 atom stereocenters. The maximum absolute atomic E-state index is 11.7. The summed E-state index contributed by atoms with van der Waals surface area (Å²) in [6.07, 6.45) is 4.97. The maximum Gasteiger partial charge on any atom is 0.155 e. The third kappa shape index (κ3) is 1.96. The highest BCUT2D eigenvalue weighted by Gasteiger charge is 2.35. The highest BCUT2D eigenvalue weighted by molar-refractivity contribution is 7.92. The van der Waals surface area contributed by atoms with Crippen molar-refractivity contribution >= 4 is 9.84 Å². The normalized spacial score (nSPS) is 38.6. The molecule has 2 aliphatic rings. The van der Waals surface area contributed by atoms with Gasteiger partial charge in [0, 0.05) is 12.6 Å². The Morgan fingerprint density at radius 3 is 2.43 bits per heavy atom. The van der Waals surface area contributed by atoms with E-state index in [0.29, 0.717) is 18.2 Å². The monoisotopic (exact) mass is 217 g/mol. The molecule has 4 heteroatoms. The summed E-state index contributed by atoms with van der Waals surface area (Å²) < 4.78 is 23.4. The van der Waals surface area contributed by atoms with Crippen LogP contribution < -0.4 is 5.32 Å². The summed E-state index contributed by atoms with van der Waals surface area (Å²) >= 11 is 0. The summed E-state index contributed by atoms with van der Waals surface area (Å²) in [5.74, 6) is 0.969. The largest absolute Gasteiger partial charge is 0.311 e. The summed E-state index contributed by atoms with van der Waals surface area (Å²) in [5.41, 5.74) is 0. The van der Waals surface area contributed by atoms with E-state index < -0.39 is 9.84 Å². The third-order valence-electron chi connectivity index (χ3n) is 3.66. The van der Waals surface area contributed by atoms with Crippen LogP contribution in [0.1, 0.15) is 32.6 Å². The van der Waals surface area contributed by atoms with Gasteiger partial charge in [-0.1, -0.05) is 12.8 Å². The van der Waals surface area contributed by atoms with Crippen LogP contribution in [-0.4, -0.2) is 32.0 Å². The van der Waals surface area contributed by atoms with Gasteiger partial charge in [-0.3, -0.25) is 0 Å². The van der Waals surface area contributed by atoms with Crippen LogP contribution in [0.3, 0.4) is 0 Å². The second-order valence-corrected chi connectivity index (χ2v) is 7.16. The van der Waals surface area contributed by atoms with E-state index in [1.807, 2.05) is 0 Å². The van der Waals surface area contributed by atoms with Crippen LogP contribution in [0.25, 0.3) is 0 Å². The van der Waals surface area contributed by atoms with Crippen molar-refractivity contribution in [3.8, 4) is 0 Å². The smallest absolute Gasteiger partial charge is 0.155 e. The van der Waals surface area contributed by atoms with Gasteiger partial charge in [0.2, 0.25) is 0 Å². The topological polar surface area (TPSA) is 46.2 Å². The van der Waals surface area contributed by atoms with Crippen LogP contribution in [0.15, 0.2) is 0 Å². The average molecular weight is 217 g/mol. The first-order chi connectivity index (χ1) is 6.59. The van der Waals surface area contributed by atoms with E-state index in [-0.39, 0.29) is 11.3 Å². The van der Waals surface area contributed by atoms with Gasteiger partial charge in [0.05, 0.1) is 11.0 Å². The van der Waals surface area contributed by atoms with E-state index in [4.69, 9.17) is 0 Å². The van der Waals surface area contributed by atoms with Crippen LogP contribution in [0.4, 0.5) is 0 Å². The van der Waals surface area contributed by atoms with Gasteiger partial charge in [-0.25, -0.2) is 8.42 Å². The second kappa shape index (κ2) is 3.81. The Kier molecular flexibility index (Phi) is 2.84. The lowest BCUT2D eigenvalue weighted by molar-refractivity contribution is 0.368. The molecule has 1 aliphatic carbocycles. The molecule has 1 aliphatic heterocycles. The van der Waals surface area contributed by atoms with Gasteiger partial charge in [-0.2, -0.15) is 0 Å². The molecule has 1 saturated heterocycles. The highest BCUT2D eigenvalue weighted by Crippen LogP contribution is 2.30. The minimum absolute atomic E-state index is 0.194. The lowest BCUT2D eigenvalue weighted by Gasteiger charge is -2.31. The first-order valence-electron chi connectivity index (χ1n) is 5.54. The zero-order valence-corrected chi connectivity index (χ0v) is 9.52. The summed E-state index contributed by atoms with van der Waals surface area (Å²) in [7, 11) is -2.81. The molecular weight excluding hydrogens is 198 g/mol. The van der Waals surface area contributed by atoms with Crippen molar-refractivity contribution in [2.45, 2.75) is 43.9 Å². The Labute approximate surface area is 86.2 Å². The van der Waals surface area contributed by atoms with Crippen molar-refractivity contribution in [3.05, 3.63) is 0 Å². The zero-order valence-electron chi connectivity index (χ0n) is 8.70. The van der Waals surface area contributed by atoms with Gasteiger partial charge in [0.25, 0.3) is 0 Å². The van der Waals surface area contributed by atoms with Crippen LogP contribution in [-0.2, 0) is 9.84 Å². The maximum atomic E-state index is 11.7. The molecule has 0 amide bonds. The Balaban J connectivity index is 2.03. The number of nitrogens with one attached hydrogen (secondary N) is 1. The van der Waals surface area contributed by atoms with Crippen LogP contribution in [0.2, 0.25) is 0 Å². The van der Waals surface area contributed by atoms with E-state index in [2.05, 4.69) is 5.32 Å². The first kappa shape index (κ1) is 10.4. The molecule has 0 bridgehead atoms. The van der Waals surface area contributed by atoms with E-state index in [1.165, 1.54) is 25.7 Å². The summed E-state index contributed by atoms with van der Waals surface area (Å²) in [6.45, 7) is 2.44. The van der Waals surface area contributed by atoms with Gasteiger partial charge < -0.3 is 5.32 Å². The Morgan fingerprint density at radius 2 is 1.86 bits per heavy atom. The lowest BCUT2D eigenvalue weighted by atomic mass is 9.99. The Morgan fingerprint density at radius 1 is 1.21 bits per heavy atom. The molecule has 0 aromatic heterocycles. The van der Waals surface area contributed by atoms with Crippen LogP contribution >= 0.6 is 0 Å². The Hall–Kier alpha value is -0.0900. The molecule has 82 valence electrons. The molecule has 1 heterocycles. The zero-order chi connectivity index (χ0) is 10.2. The predicted molar refractivity (Wildman–Crippen MR) is 57.0 cm³/mol. The molecule has 0 spiro atoms. The molecule has 1 saturated carbocycles. The molecule has 0 radical (unpaired) electrons. The summed E-state index contributed by atoms with van der Waals surface area (Å²) in [4.78, 5) is 0. The van der Waals surface area contributed by atoms with Crippen molar-refractivity contribution in [1.29, 1.82) is 0 Å². The summed E-state index contributed by atoms with van der Waals surface area (Å²) in [5, 5.41) is 3.19. The van der Waals surface area contributed by atoms with Crippen molar-refractivity contribution in [1.82, 2.24) is 5.32 Å². The molecular formula is C10H19NO2S. The molecule has 14 heavy (non-hydrogen) atoms. The van der Waals surface area contributed by atoms with Crippen molar-refractivity contribution in [2.75, 3.05) is 12.3 Å². The van der Waals surface area contributed by atoms with E-state index in [9.17, 15) is 8.42 Å².